The number of piperidine rings is 1. The molecule has 1 aliphatic heterocycles. The van der Waals surface area contributed by atoms with Gasteiger partial charge in [0.05, 0.1) is 0 Å². The molecule has 6 nitrogen and oxygen atoms in total. The van der Waals surface area contributed by atoms with E-state index in [0.717, 1.165) is 25.2 Å². The largest absolute Gasteiger partial charge is 0.338 e. The number of H-pyrrole nitrogens is 1. The molecular weight excluding hydrogens is 280 g/mol. The lowest BCUT2D eigenvalue weighted by Gasteiger charge is -2.32. The van der Waals surface area contributed by atoms with Crippen molar-refractivity contribution in [2.24, 2.45) is 0 Å². The number of nitrogens with one attached hydrogen (secondary N) is 1. The average Bonchev–Trinajstić information content (AvgIpc) is 3.03. The van der Waals surface area contributed by atoms with Gasteiger partial charge in [-0.25, -0.2) is 4.98 Å². The third-order valence-corrected chi connectivity index (χ3v) is 4.21. The van der Waals surface area contributed by atoms with Crippen LogP contribution in [0, 0.1) is 0 Å². The number of aromatic nitrogens is 3. The van der Waals surface area contributed by atoms with E-state index < -0.39 is 0 Å². The second-order valence-electron chi connectivity index (χ2n) is 5.57. The maximum Gasteiger partial charge on any atom is 0.260 e. The van der Waals surface area contributed by atoms with E-state index in [1.807, 2.05) is 12.4 Å². The molecule has 6 heteroatoms. The first kappa shape index (κ1) is 14.6. The fourth-order valence-corrected chi connectivity index (χ4v) is 3.08. The number of hydrogen-bond acceptors (Lipinski definition) is 3. The molecule has 1 amide bonds. The summed E-state index contributed by atoms with van der Waals surface area (Å²) in [6.07, 6.45) is 7.26. The Morgan fingerprint density at radius 3 is 3.14 bits per heavy atom. The van der Waals surface area contributed by atoms with Gasteiger partial charge in [-0.05, 0) is 31.9 Å². The van der Waals surface area contributed by atoms with Gasteiger partial charge in [0, 0.05) is 44.1 Å². The number of pyridine rings is 1. The molecule has 0 radical (unpaired) electrons. The zero-order chi connectivity index (χ0) is 15.5. The molecule has 3 heterocycles. The van der Waals surface area contributed by atoms with Gasteiger partial charge in [-0.2, -0.15) is 0 Å². The number of likely N-dealkylation sites (tertiary alicyclic amines) is 1. The second kappa shape index (κ2) is 6.17. The minimum Gasteiger partial charge on any atom is -0.338 e. The first-order valence-electron chi connectivity index (χ1n) is 7.68. The van der Waals surface area contributed by atoms with Crippen molar-refractivity contribution in [1.82, 2.24) is 19.4 Å². The van der Waals surface area contributed by atoms with Crippen LogP contribution in [-0.4, -0.2) is 38.4 Å². The van der Waals surface area contributed by atoms with Gasteiger partial charge in [-0.15, -0.1) is 0 Å². The fraction of sp³-hybridized carbons (Fsp3) is 0.438. The van der Waals surface area contributed by atoms with E-state index in [1.165, 1.54) is 6.20 Å². The van der Waals surface area contributed by atoms with Crippen LogP contribution in [0.4, 0.5) is 0 Å². The van der Waals surface area contributed by atoms with Gasteiger partial charge < -0.3 is 14.5 Å². The fourth-order valence-electron chi connectivity index (χ4n) is 3.08. The smallest absolute Gasteiger partial charge is 0.260 e. The van der Waals surface area contributed by atoms with Crippen LogP contribution < -0.4 is 5.56 Å². The highest BCUT2D eigenvalue weighted by molar-refractivity contribution is 5.93. The maximum absolute atomic E-state index is 12.6. The van der Waals surface area contributed by atoms with Crippen molar-refractivity contribution in [3.8, 4) is 0 Å². The summed E-state index contributed by atoms with van der Waals surface area (Å²) in [5.41, 5.74) is -0.119. The van der Waals surface area contributed by atoms with Crippen molar-refractivity contribution in [2.75, 3.05) is 13.1 Å². The minimum absolute atomic E-state index is 0.193. The van der Waals surface area contributed by atoms with Gasteiger partial charge in [-0.3, -0.25) is 9.59 Å². The summed E-state index contributed by atoms with van der Waals surface area (Å²) in [4.78, 5) is 33.1. The summed E-state index contributed by atoms with van der Waals surface area (Å²) in [5.74, 6) is 1.07. The second-order valence-corrected chi connectivity index (χ2v) is 5.57. The van der Waals surface area contributed by atoms with Crippen molar-refractivity contribution in [2.45, 2.75) is 32.2 Å². The summed E-state index contributed by atoms with van der Waals surface area (Å²) in [6.45, 7) is 4.26. The average molecular weight is 300 g/mol. The van der Waals surface area contributed by atoms with Gasteiger partial charge in [0.1, 0.15) is 11.4 Å². The van der Waals surface area contributed by atoms with Crippen molar-refractivity contribution < 1.29 is 4.79 Å². The molecule has 0 aliphatic carbocycles. The topological polar surface area (TPSA) is 71.0 Å². The molecular formula is C16H20N4O2. The SMILES string of the molecule is CCn1ccnc1C1CCCN(C(=O)c2ccc[nH]c2=O)C1. The van der Waals surface area contributed by atoms with Crippen molar-refractivity contribution in [3.05, 3.63) is 52.5 Å². The Labute approximate surface area is 128 Å². The van der Waals surface area contributed by atoms with Crippen LogP contribution in [0.5, 0.6) is 0 Å². The molecule has 3 rings (SSSR count). The number of carbonyl (C=O) groups is 1. The molecule has 1 saturated heterocycles. The number of aryl methyl sites for hydroxylation is 1. The van der Waals surface area contributed by atoms with Crippen molar-refractivity contribution in [3.63, 3.8) is 0 Å². The lowest BCUT2D eigenvalue weighted by Crippen LogP contribution is -2.41. The number of nitrogens with zero attached hydrogens (tertiary/aromatic N) is 3. The summed E-state index contributed by atoms with van der Waals surface area (Å²) >= 11 is 0. The van der Waals surface area contributed by atoms with E-state index in [-0.39, 0.29) is 22.9 Å². The van der Waals surface area contributed by atoms with Crippen LogP contribution in [0.25, 0.3) is 0 Å². The van der Waals surface area contributed by atoms with E-state index in [0.29, 0.717) is 13.1 Å². The highest BCUT2D eigenvalue weighted by atomic mass is 16.2. The molecule has 1 unspecified atom stereocenters. The summed E-state index contributed by atoms with van der Waals surface area (Å²) in [6, 6.07) is 3.26. The summed E-state index contributed by atoms with van der Waals surface area (Å²) in [5, 5.41) is 0. The van der Waals surface area contributed by atoms with Gasteiger partial charge in [-0.1, -0.05) is 0 Å². The Morgan fingerprint density at radius 2 is 2.36 bits per heavy atom. The number of imidazole rings is 1. The minimum atomic E-state index is -0.329. The van der Waals surface area contributed by atoms with E-state index in [1.54, 1.807) is 17.0 Å². The van der Waals surface area contributed by atoms with Crippen LogP contribution >= 0.6 is 0 Å². The van der Waals surface area contributed by atoms with Gasteiger partial charge in [0.25, 0.3) is 11.5 Å². The summed E-state index contributed by atoms with van der Waals surface area (Å²) in [7, 11) is 0. The van der Waals surface area contributed by atoms with E-state index in [9.17, 15) is 9.59 Å². The monoisotopic (exact) mass is 300 g/mol. The Bertz CT molecular complexity index is 719. The molecule has 0 bridgehead atoms. The number of aromatic amines is 1. The lowest BCUT2D eigenvalue weighted by molar-refractivity contribution is 0.0701. The van der Waals surface area contributed by atoms with Crippen LogP contribution in [0.3, 0.4) is 0 Å². The Kier molecular flexibility index (Phi) is 4.09. The molecule has 1 aliphatic rings. The highest BCUT2D eigenvalue weighted by Gasteiger charge is 2.28. The molecule has 0 aromatic carbocycles. The Hall–Kier alpha value is -2.37. The molecule has 22 heavy (non-hydrogen) atoms. The van der Waals surface area contributed by atoms with Gasteiger partial charge in [0.15, 0.2) is 0 Å². The van der Waals surface area contributed by atoms with Gasteiger partial charge >= 0.3 is 0 Å². The Morgan fingerprint density at radius 1 is 1.50 bits per heavy atom. The van der Waals surface area contributed by atoms with E-state index >= 15 is 0 Å². The normalized spacial score (nSPS) is 18.4. The number of hydrogen-bond donors (Lipinski definition) is 1. The first-order valence-corrected chi connectivity index (χ1v) is 7.68. The van der Waals surface area contributed by atoms with E-state index in [4.69, 9.17) is 0 Å². The number of carbonyl (C=O) groups excluding carboxylic acids is 1. The summed E-state index contributed by atoms with van der Waals surface area (Å²) < 4.78 is 2.12. The molecule has 1 fully saturated rings. The lowest BCUT2D eigenvalue weighted by atomic mass is 9.96. The Balaban J connectivity index is 1.80. The number of amides is 1. The van der Waals surface area contributed by atoms with Crippen molar-refractivity contribution >= 4 is 5.91 Å². The van der Waals surface area contributed by atoms with Crippen LogP contribution in [0.15, 0.2) is 35.5 Å². The molecule has 0 spiro atoms. The zero-order valence-corrected chi connectivity index (χ0v) is 12.7. The first-order chi connectivity index (χ1) is 10.7. The molecule has 0 saturated carbocycles. The molecule has 116 valence electrons. The van der Waals surface area contributed by atoms with Crippen molar-refractivity contribution in [1.29, 1.82) is 0 Å². The maximum atomic E-state index is 12.6. The predicted molar refractivity (Wildman–Crippen MR) is 82.8 cm³/mol. The zero-order valence-electron chi connectivity index (χ0n) is 12.7. The van der Waals surface area contributed by atoms with Crippen LogP contribution in [0.1, 0.15) is 41.9 Å². The highest BCUT2D eigenvalue weighted by Crippen LogP contribution is 2.26. The predicted octanol–water partition coefficient (Wildman–Crippen LogP) is 1.61. The third kappa shape index (κ3) is 2.68. The van der Waals surface area contributed by atoms with Crippen LogP contribution in [-0.2, 0) is 6.54 Å². The van der Waals surface area contributed by atoms with E-state index in [2.05, 4.69) is 21.5 Å². The molecule has 2 aromatic heterocycles. The third-order valence-electron chi connectivity index (χ3n) is 4.21. The quantitative estimate of drug-likeness (QED) is 0.936. The molecule has 1 N–H and O–H groups in total. The molecule has 2 aromatic rings. The van der Waals surface area contributed by atoms with Gasteiger partial charge in [0.2, 0.25) is 0 Å². The van der Waals surface area contributed by atoms with Crippen LogP contribution in [0.2, 0.25) is 0 Å². The molecule has 1 atom stereocenters. The standard InChI is InChI=1S/C16H20N4O2/c1-2-19-10-8-17-14(19)12-5-4-9-20(11-12)16(22)13-6-3-7-18-15(13)21/h3,6-8,10,12H,2,4-5,9,11H2,1H3,(H,18,21). The number of rotatable bonds is 3.